The van der Waals surface area contributed by atoms with Gasteiger partial charge in [-0.2, -0.15) is 0 Å². The van der Waals surface area contributed by atoms with E-state index in [0.717, 1.165) is 0 Å². The predicted molar refractivity (Wildman–Crippen MR) is 29.3 cm³/mol. The fourth-order valence-corrected chi connectivity index (χ4v) is 0.722. The van der Waals surface area contributed by atoms with Crippen molar-refractivity contribution in [1.82, 2.24) is 0 Å². The van der Waals surface area contributed by atoms with Gasteiger partial charge in [0.2, 0.25) is 0 Å². The van der Waals surface area contributed by atoms with Crippen molar-refractivity contribution < 1.29 is 9.53 Å². The van der Waals surface area contributed by atoms with Crippen molar-refractivity contribution in [3.05, 3.63) is 0 Å². The van der Waals surface area contributed by atoms with Crippen molar-refractivity contribution >= 4 is 5.97 Å². The number of hydrogen-bond donors (Lipinski definition) is 0. The average Bonchev–Trinajstić information content (AvgIpc) is 1.98. The Morgan fingerprint density at radius 1 is 1.62 bits per heavy atom. The van der Waals surface area contributed by atoms with Gasteiger partial charge in [0.15, 0.2) is 0 Å². The van der Waals surface area contributed by atoms with Gasteiger partial charge in [0.1, 0.15) is 0 Å². The summed E-state index contributed by atoms with van der Waals surface area (Å²) < 4.78 is 4.74. The highest BCUT2D eigenvalue weighted by molar-refractivity contribution is 5.74. The monoisotopic (exact) mass is 114 g/mol. The first-order chi connectivity index (χ1) is 3.72. The fraction of sp³-hybridized carbons (Fsp3) is 0.833. The van der Waals surface area contributed by atoms with Crippen molar-refractivity contribution in [3.8, 4) is 0 Å². The van der Waals surface area contributed by atoms with Crippen molar-refractivity contribution in [2.75, 3.05) is 6.61 Å². The third kappa shape index (κ3) is 0.703. The van der Waals surface area contributed by atoms with Gasteiger partial charge >= 0.3 is 5.97 Å². The maximum absolute atomic E-state index is 10.6. The minimum atomic E-state index is -0.0440. The van der Waals surface area contributed by atoms with Crippen LogP contribution in [0.2, 0.25) is 0 Å². The lowest BCUT2D eigenvalue weighted by molar-refractivity contribution is -0.140. The molecule has 0 aliphatic carbocycles. The van der Waals surface area contributed by atoms with Crippen LogP contribution in [0.15, 0.2) is 0 Å². The summed E-state index contributed by atoms with van der Waals surface area (Å²) >= 11 is 0. The summed E-state index contributed by atoms with van der Waals surface area (Å²) in [6.07, 6.45) is 0. The summed E-state index contributed by atoms with van der Waals surface area (Å²) in [5.74, 6) is 0.495. The zero-order valence-corrected chi connectivity index (χ0v) is 5.18. The second-order valence-corrected chi connectivity index (χ2v) is 2.40. The number of carbonyl (C=O) groups is 1. The highest BCUT2D eigenvalue weighted by Gasteiger charge is 2.28. The number of carbonyl (C=O) groups excluding carboxylic acids is 1. The molecule has 1 fully saturated rings. The summed E-state index contributed by atoms with van der Waals surface area (Å²) in [7, 11) is 0. The van der Waals surface area contributed by atoms with Crippen LogP contribution in [0.1, 0.15) is 13.8 Å². The molecule has 0 aromatic rings. The Morgan fingerprint density at radius 2 is 2.25 bits per heavy atom. The van der Waals surface area contributed by atoms with Gasteiger partial charge < -0.3 is 4.74 Å². The van der Waals surface area contributed by atoms with Crippen LogP contribution in [0.25, 0.3) is 0 Å². The van der Waals surface area contributed by atoms with Crippen LogP contribution < -0.4 is 0 Å². The van der Waals surface area contributed by atoms with Crippen LogP contribution in [-0.2, 0) is 9.53 Å². The van der Waals surface area contributed by atoms with Crippen LogP contribution in [-0.4, -0.2) is 12.6 Å². The number of rotatable bonds is 0. The number of ether oxygens (including phenoxy) is 1. The summed E-state index contributed by atoms with van der Waals surface area (Å²) in [5, 5.41) is 0. The molecule has 0 aromatic carbocycles. The van der Waals surface area contributed by atoms with E-state index in [1.165, 1.54) is 0 Å². The van der Waals surface area contributed by atoms with Gasteiger partial charge in [-0.3, -0.25) is 4.79 Å². The smallest absolute Gasteiger partial charge is 0.309 e. The summed E-state index contributed by atoms with van der Waals surface area (Å²) in [6.45, 7) is 4.54. The quantitative estimate of drug-likeness (QED) is 0.436. The van der Waals surface area contributed by atoms with Crippen LogP contribution >= 0.6 is 0 Å². The Labute approximate surface area is 48.8 Å². The molecule has 0 amide bonds. The standard InChI is InChI=1S/C6H10O2/c1-4-3-8-6(7)5(4)2/h4-5H,3H2,1-2H3. The molecule has 0 bridgehead atoms. The summed E-state index contributed by atoms with van der Waals surface area (Å²) in [4.78, 5) is 10.6. The molecule has 0 radical (unpaired) electrons. The number of cyclic esters (lactones) is 1. The van der Waals surface area contributed by atoms with E-state index in [9.17, 15) is 4.79 Å². The van der Waals surface area contributed by atoms with Crippen LogP contribution in [0, 0.1) is 11.8 Å². The number of hydrogen-bond acceptors (Lipinski definition) is 2. The molecule has 0 spiro atoms. The van der Waals surface area contributed by atoms with E-state index in [0.29, 0.717) is 12.5 Å². The lowest BCUT2D eigenvalue weighted by atomic mass is 10.0. The Morgan fingerprint density at radius 3 is 2.38 bits per heavy atom. The van der Waals surface area contributed by atoms with E-state index in [2.05, 4.69) is 0 Å². The van der Waals surface area contributed by atoms with E-state index in [1.807, 2.05) is 13.8 Å². The third-order valence-corrected chi connectivity index (χ3v) is 1.71. The van der Waals surface area contributed by atoms with E-state index >= 15 is 0 Å². The fourth-order valence-electron chi connectivity index (χ4n) is 0.722. The van der Waals surface area contributed by atoms with Gasteiger partial charge in [0, 0.05) is 5.92 Å². The second kappa shape index (κ2) is 1.77. The first-order valence-electron chi connectivity index (χ1n) is 2.88. The molecule has 1 heterocycles. The molecule has 0 N–H and O–H groups in total. The van der Waals surface area contributed by atoms with Crippen LogP contribution in [0.4, 0.5) is 0 Å². The predicted octanol–water partition coefficient (Wildman–Crippen LogP) is 0.815. The average molecular weight is 114 g/mol. The Kier molecular flexibility index (Phi) is 1.24. The normalized spacial score (nSPS) is 37.5. The summed E-state index contributed by atoms with van der Waals surface area (Å²) in [5.41, 5.74) is 0. The molecular weight excluding hydrogens is 104 g/mol. The minimum Gasteiger partial charge on any atom is -0.465 e. The SMILES string of the molecule is CC1COC(=O)C1C. The van der Waals surface area contributed by atoms with E-state index in [4.69, 9.17) is 4.74 Å². The first-order valence-corrected chi connectivity index (χ1v) is 2.88. The van der Waals surface area contributed by atoms with Gasteiger partial charge in [0.25, 0.3) is 0 Å². The molecule has 0 aromatic heterocycles. The largest absolute Gasteiger partial charge is 0.465 e. The molecule has 1 aliphatic heterocycles. The van der Waals surface area contributed by atoms with Crippen molar-refractivity contribution in [1.29, 1.82) is 0 Å². The zero-order chi connectivity index (χ0) is 6.15. The first kappa shape index (κ1) is 5.60. The lowest BCUT2D eigenvalue weighted by Gasteiger charge is -1.98. The van der Waals surface area contributed by atoms with Crippen molar-refractivity contribution in [2.24, 2.45) is 11.8 Å². The van der Waals surface area contributed by atoms with Gasteiger partial charge in [-0.25, -0.2) is 0 Å². The molecule has 2 heteroatoms. The Balaban J connectivity index is 2.56. The van der Waals surface area contributed by atoms with Crippen molar-refractivity contribution in [2.45, 2.75) is 13.8 Å². The number of esters is 1. The minimum absolute atomic E-state index is 0.0440. The van der Waals surface area contributed by atoms with E-state index < -0.39 is 0 Å². The topological polar surface area (TPSA) is 26.3 Å². The lowest BCUT2D eigenvalue weighted by Crippen LogP contribution is -2.07. The van der Waals surface area contributed by atoms with Gasteiger partial charge in [0.05, 0.1) is 12.5 Å². The molecule has 0 saturated carbocycles. The molecule has 1 aliphatic rings. The molecule has 1 saturated heterocycles. The van der Waals surface area contributed by atoms with Gasteiger partial charge in [-0.1, -0.05) is 13.8 Å². The Hall–Kier alpha value is -0.530. The highest BCUT2D eigenvalue weighted by Crippen LogP contribution is 2.19. The molecule has 2 nitrogen and oxygen atoms in total. The molecular formula is C6H10O2. The molecule has 1 rings (SSSR count). The highest BCUT2D eigenvalue weighted by atomic mass is 16.5. The third-order valence-electron chi connectivity index (χ3n) is 1.71. The van der Waals surface area contributed by atoms with Gasteiger partial charge in [-0.05, 0) is 0 Å². The maximum Gasteiger partial charge on any atom is 0.309 e. The second-order valence-electron chi connectivity index (χ2n) is 2.40. The zero-order valence-electron chi connectivity index (χ0n) is 5.18. The molecule has 8 heavy (non-hydrogen) atoms. The van der Waals surface area contributed by atoms with Gasteiger partial charge in [-0.15, -0.1) is 0 Å². The molecule has 46 valence electrons. The summed E-state index contributed by atoms with van der Waals surface area (Å²) in [6, 6.07) is 0. The molecule has 2 unspecified atom stereocenters. The molecule has 2 atom stereocenters. The maximum atomic E-state index is 10.6. The Bertz CT molecular complexity index is 109. The van der Waals surface area contributed by atoms with Crippen LogP contribution in [0.5, 0.6) is 0 Å². The van der Waals surface area contributed by atoms with E-state index in [1.54, 1.807) is 0 Å². The van der Waals surface area contributed by atoms with E-state index in [-0.39, 0.29) is 11.9 Å². The van der Waals surface area contributed by atoms with Crippen LogP contribution in [0.3, 0.4) is 0 Å². The van der Waals surface area contributed by atoms with Crippen molar-refractivity contribution in [3.63, 3.8) is 0 Å².